The minimum absolute atomic E-state index is 0.187. The Morgan fingerprint density at radius 3 is 3.13 bits per heavy atom. The van der Waals surface area contributed by atoms with Gasteiger partial charge in [-0.05, 0) is 31.2 Å². The number of anilines is 1. The van der Waals surface area contributed by atoms with Crippen molar-refractivity contribution >= 4 is 17.1 Å². The molecule has 0 bridgehead atoms. The molecule has 5 rings (SSSR count). The summed E-state index contributed by atoms with van der Waals surface area (Å²) < 4.78 is 1.95. The molecule has 23 heavy (non-hydrogen) atoms. The number of aryl methyl sites for hydroxylation is 2. The largest absolute Gasteiger partial charge is 0.340 e. The fourth-order valence-electron chi connectivity index (χ4n) is 4.23. The SMILES string of the molecule is Cn1cnc2nc(N3CCCC4(CCc5cn[nH]c54)C3)ncc21. The highest BCUT2D eigenvalue weighted by Crippen LogP contribution is 2.44. The van der Waals surface area contributed by atoms with Crippen LogP contribution in [0.25, 0.3) is 11.2 Å². The second kappa shape index (κ2) is 4.53. The van der Waals surface area contributed by atoms with Gasteiger partial charge in [0.05, 0.1) is 18.7 Å². The molecule has 0 aromatic carbocycles. The number of fused-ring (bicyclic) bond motifs is 3. The number of piperidine rings is 1. The van der Waals surface area contributed by atoms with Gasteiger partial charge in [0.1, 0.15) is 5.52 Å². The van der Waals surface area contributed by atoms with Crippen LogP contribution >= 0.6 is 0 Å². The van der Waals surface area contributed by atoms with E-state index in [0.717, 1.165) is 43.0 Å². The highest BCUT2D eigenvalue weighted by atomic mass is 15.3. The van der Waals surface area contributed by atoms with Crippen molar-refractivity contribution in [2.75, 3.05) is 18.0 Å². The molecule has 0 saturated carbocycles. The molecule has 1 aliphatic carbocycles. The predicted octanol–water partition coefficient (Wildman–Crippen LogP) is 1.57. The molecule has 1 saturated heterocycles. The third-order valence-electron chi connectivity index (χ3n) is 5.45. The van der Waals surface area contributed by atoms with Crippen molar-refractivity contribution in [1.29, 1.82) is 0 Å². The Labute approximate surface area is 133 Å². The highest BCUT2D eigenvalue weighted by Gasteiger charge is 2.44. The van der Waals surface area contributed by atoms with Gasteiger partial charge in [-0.25, -0.2) is 9.97 Å². The summed E-state index contributed by atoms with van der Waals surface area (Å²) in [4.78, 5) is 15.9. The molecule has 2 aliphatic rings. The molecule has 1 atom stereocenters. The fourth-order valence-corrected chi connectivity index (χ4v) is 4.23. The number of aromatic nitrogens is 6. The Balaban J connectivity index is 1.51. The summed E-state index contributed by atoms with van der Waals surface area (Å²) in [6, 6.07) is 0. The molecule has 3 aromatic rings. The third kappa shape index (κ3) is 1.82. The zero-order valence-electron chi connectivity index (χ0n) is 13.2. The lowest BCUT2D eigenvalue weighted by atomic mass is 9.78. The topological polar surface area (TPSA) is 75.5 Å². The van der Waals surface area contributed by atoms with Crippen LogP contribution in [0, 0.1) is 0 Å². The van der Waals surface area contributed by atoms with Gasteiger partial charge in [0.2, 0.25) is 5.95 Å². The molecule has 1 fully saturated rings. The lowest BCUT2D eigenvalue weighted by molar-refractivity contribution is 0.330. The van der Waals surface area contributed by atoms with Crippen LogP contribution in [0.4, 0.5) is 5.95 Å². The van der Waals surface area contributed by atoms with Crippen LogP contribution in [-0.4, -0.2) is 42.8 Å². The molecule has 1 unspecified atom stereocenters. The van der Waals surface area contributed by atoms with Gasteiger partial charge in [-0.1, -0.05) is 0 Å². The molecular formula is C16H19N7. The van der Waals surface area contributed by atoms with Crippen molar-refractivity contribution in [2.45, 2.75) is 31.1 Å². The van der Waals surface area contributed by atoms with E-state index in [1.807, 2.05) is 24.0 Å². The highest BCUT2D eigenvalue weighted by molar-refractivity contribution is 5.71. The van der Waals surface area contributed by atoms with Crippen molar-refractivity contribution in [2.24, 2.45) is 7.05 Å². The van der Waals surface area contributed by atoms with Gasteiger partial charge in [0, 0.05) is 31.2 Å². The van der Waals surface area contributed by atoms with Crippen molar-refractivity contribution in [3.63, 3.8) is 0 Å². The minimum Gasteiger partial charge on any atom is -0.340 e. The maximum atomic E-state index is 4.67. The van der Waals surface area contributed by atoms with Crippen molar-refractivity contribution in [1.82, 2.24) is 29.7 Å². The molecular weight excluding hydrogens is 290 g/mol. The summed E-state index contributed by atoms with van der Waals surface area (Å²) in [5, 5.41) is 7.50. The van der Waals surface area contributed by atoms with Crippen LogP contribution in [-0.2, 0) is 18.9 Å². The predicted molar refractivity (Wildman–Crippen MR) is 86.3 cm³/mol. The monoisotopic (exact) mass is 309 g/mol. The first-order valence-corrected chi connectivity index (χ1v) is 8.17. The first kappa shape index (κ1) is 13.0. The van der Waals surface area contributed by atoms with E-state index < -0.39 is 0 Å². The Kier molecular flexibility index (Phi) is 2.57. The van der Waals surface area contributed by atoms with E-state index in [9.17, 15) is 0 Å². The van der Waals surface area contributed by atoms with E-state index >= 15 is 0 Å². The van der Waals surface area contributed by atoms with Gasteiger partial charge in [-0.2, -0.15) is 10.1 Å². The van der Waals surface area contributed by atoms with Crippen molar-refractivity contribution in [3.8, 4) is 0 Å². The quantitative estimate of drug-likeness (QED) is 0.738. The van der Waals surface area contributed by atoms with Crippen LogP contribution < -0.4 is 4.90 Å². The smallest absolute Gasteiger partial charge is 0.227 e. The van der Waals surface area contributed by atoms with E-state index in [1.54, 1.807) is 6.33 Å². The number of hydrogen-bond donors (Lipinski definition) is 1. The first-order valence-electron chi connectivity index (χ1n) is 8.17. The summed E-state index contributed by atoms with van der Waals surface area (Å²) in [6.07, 6.45) is 10.3. The average molecular weight is 309 g/mol. The lowest BCUT2D eigenvalue weighted by Crippen LogP contribution is -2.46. The standard InChI is InChI=1S/C16H19N7/c1-22-10-18-14-12(22)8-17-15(20-14)23-6-2-4-16(9-23)5-3-11-7-19-21-13(11)16/h7-8,10H,2-6,9H2,1H3,(H,19,21). The summed E-state index contributed by atoms with van der Waals surface area (Å²) >= 11 is 0. The van der Waals surface area contributed by atoms with Crippen molar-refractivity contribution in [3.05, 3.63) is 30.0 Å². The molecule has 1 spiro atoms. The Morgan fingerprint density at radius 1 is 1.22 bits per heavy atom. The number of nitrogens with one attached hydrogen (secondary N) is 1. The van der Waals surface area contributed by atoms with E-state index in [4.69, 9.17) is 0 Å². The number of hydrogen-bond acceptors (Lipinski definition) is 5. The molecule has 1 N–H and O–H groups in total. The average Bonchev–Trinajstić information content (AvgIpc) is 3.27. The minimum atomic E-state index is 0.187. The second-order valence-corrected chi connectivity index (χ2v) is 6.81. The number of H-pyrrole nitrogens is 1. The number of nitrogens with zero attached hydrogens (tertiary/aromatic N) is 6. The van der Waals surface area contributed by atoms with E-state index in [1.165, 1.54) is 24.1 Å². The normalized spacial score (nSPS) is 23.8. The Morgan fingerprint density at radius 2 is 2.17 bits per heavy atom. The fraction of sp³-hybridized carbons (Fsp3) is 0.500. The van der Waals surface area contributed by atoms with E-state index in [-0.39, 0.29) is 5.41 Å². The lowest BCUT2D eigenvalue weighted by Gasteiger charge is -2.40. The summed E-state index contributed by atoms with van der Waals surface area (Å²) in [5.74, 6) is 0.795. The summed E-state index contributed by atoms with van der Waals surface area (Å²) in [7, 11) is 1.96. The van der Waals surface area contributed by atoms with Gasteiger partial charge in [-0.3, -0.25) is 5.10 Å². The maximum Gasteiger partial charge on any atom is 0.227 e. The molecule has 0 radical (unpaired) electrons. The summed E-state index contributed by atoms with van der Waals surface area (Å²) in [5.41, 5.74) is 4.64. The van der Waals surface area contributed by atoms with Gasteiger partial charge in [-0.15, -0.1) is 0 Å². The third-order valence-corrected chi connectivity index (χ3v) is 5.45. The molecule has 4 heterocycles. The molecule has 0 amide bonds. The van der Waals surface area contributed by atoms with Gasteiger partial charge >= 0.3 is 0 Å². The Hall–Kier alpha value is -2.44. The van der Waals surface area contributed by atoms with Crippen LogP contribution in [0.15, 0.2) is 18.7 Å². The van der Waals surface area contributed by atoms with Crippen LogP contribution in [0.5, 0.6) is 0 Å². The molecule has 7 heteroatoms. The summed E-state index contributed by atoms with van der Waals surface area (Å²) in [6.45, 7) is 1.96. The second-order valence-electron chi connectivity index (χ2n) is 6.81. The van der Waals surface area contributed by atoms with E-state index in [2.05, 4.69) is 30.0 Å². The first-order chi connectivity index (χ1) is 11.3. The zero-order valence-corrected chi connectivity index (χ0v) is 13.2. The van der Waals surface area contributed by atoms with Gasteiger partial charge < -0.3 is 9.47 Å². The van der Waals surface area contributed by atoms with Crippen LogP contribution in [0.3, 0.4) is 0 Å². The van der Waals surface area contributed by atoms with E-state index in [0.29, 0.717) is 0 Å². The van der Waals surface area contributed by atoms with Gasteiger partial charge in [0.15, 0.2) is 5.65 Å². The zero-order chi connectivity index (χ0) is 15.4. The number of rotatable bonds is 1. The van der Waals surface area contributed by atoms with Gasteiger partial charge in [0.25, 0.3) is 0 Å². The van der Waals surface area contributed by atoms with Crippen molar-refractivity contribution < 1.29 is 0 Å². The molecule has 1 aliphatic heterocycles. The maximum absolute atomic E-state index is 4.67. The number of aromatic amines is 1. The molecule has 7 nitrogen and oxygen atoms in total. The number of imidazole rings is 1. The Bertz CT molecular complexity index is 880. The molecule has 3 aromatic heterocycles. The van der Waals surface area contributed by atoms with Crippen LogP contribution in [0.1, 0.15) is 30.5 Å². The van der Waals surface area contributed by atoms with Crippen LogP contribution in [0.2, 0.25) is 0 Å². The molecule has 118 valence electrons.